The predicted octanol–water partition coefficient (Wildman–Crippen LogP) is 3.59. The van der Waals surface area contributed by atoms with E-state index in [0.29, 0.717) is 28.2 Å². The molecule has 0 fully saturated rings. The Morgan fingerprint density at radius 2 is 1.87 bits per heavy atom. The second-order valence-electron chi connectivity index (χ2n) is 5.30. The van der Waals surface area contributed by atoms with Crippen LogP contribution in [0, 0.1) is 0 Å². The van der Waals surface area contributed by atoms with Gasteiger partial charge in [-0.15, -0.1) is 0 Å². The van der Waals surface area contributed by atoms with Gasteiger partial charge in [0.1, 0.15) is 6.04 Å². The quantitative estimate of drug-likeness (QED) is 0.800. The Morgan fingerprint density at radius 3 is 2.57 bits per heavy atom. The first-order valence-electron chi connectivity index (χ1n) is 7.25. The molecular weight excluding hydrogens is 355 g/mol. The second kappa shape index (κ2) is 8.55. The minimum Gasteiger partial charge on any atom is -0.347 e. The topological polar surface area (TPSA) is 45.7 Å². The van der Waals surface area contributed by atoms with E-state index >= 15 is 0 Å². The maximum atomic E-state index is 12.0. The largest absolute Gasteiger partial charge is 0.347 e. The Morgan fingerprint density at radius 1 is 1.13 bits per heavy atom. The minimum atomic E-state index is -0.0510. The predicted molar refractivity (Wildman–Crippen MR) is 95.0 cm³/mol. The van der Waals surface area contributed by atoms with Crippen molar-refractivity contribution in [3.05, 3.63) is 68.7 Å². The van der Waals surface area contributed by atoms with Crippen molar-refractivity contribution in [2.75, 3.05) is 6.54 Å². The number of hydrogen-bond acceptors (Lipinski definition) is 1. The lowest BCUT2D eigenvalue weighted by molar-refractivity contribution is -0.682. The van der Waals surface area contributed by atoms with Crippen molar-refractivity contribution in [2.45, 2.75) is 19.5 Å². The van der Waals surface area contributed by atoms with Crippen molar-refractivity contribution >= 4 is 40.7 Å². The van der Waals surface area contributed by atoms with E-state index in [1.807, 2.05) is 42.6 Å². The van der Waals surface area contributed by atoms with Crippen molar-refractivity contribution in [1.29, 1.82) is 0 Å². The smallest absolute Gasteiger partial charge is 0.275 e. The van der Waals surface area contributed by atoms with Gasteiger partial charge in [0.15, 0.2) is 6.54 Å². The molecule has 0 radical (unpaired) electrons. The molecule has 0 aromatic heterocycles. The summed E-state index contributed by atoms with van der Waals surface area (Å²) < 4.78 is 0. The highest BCUT2D eigenvalue weighted by Gasteiger charge is 2.12. The van der Waals surface area contributed by atoms with E-state index in [1.54, 1.807) is 12.1 Å². The third-order valence-electron chi connectivity index (χ3n) is 3.52. The molecule has 0 aliphatic heterocycles. The maximum Gasteiger partial charge on any atom is 0.275 e. The molecule has 2 rings (SSSR count). The van der Waals surface area contributed by atoms with Crippen LogP contribution in [0.3, 0.4) is 0 Å². The normalized spacial score (nSPS) is 12.0. The third kappa shape index (κ3) is 5.70. The highest BCUT2D eigenvalue weighted by Crippen LogP contribution is 2.20. The summed E-state index contributed by atoms with van der Waals surface area (Å²) in [5, 5.41) is 6.64. The number of carbonyl (C=O) groups excluding carboxylic acids is 1. The van der Waals surface area contributed by atoms with E-state index in [4.69, 9.17) is 34.8 Å². The van der Waals surface area contributed by atoms with Crippen LogP contribution in [0.4, 0.5) is 0 Å². The Labute approximate surface area is 150 Å². The first-order chi connectivity index (χ1) is 11.0. The number of benzene rings is 2. The lowest BCUT2D eigenvalue weighted by Gasteiger charge is -2.12. The number of halogens is 3. The summed E-state index contributed by atoms with van der Waals surface area (Å²) in [5.41, 5.74) is 1.93. The van der Waals surface area contributed by atoms with Crippen molar-refractivity contribution in [3.8, 4) is 0 Å². The summed E-state index contributed by atoms with van der Waals surface area (Å²) in [5.74, 6) is -0.0510. The molecule has 2 aromatic carbocycles. The molecule has 23 heavy (non-hydrogen) atoms. The summed E-state index contributed by atoms with van der Waals surface area (Å²) in [6, 6.07) is 13.0. The molecule has 0 unspecified atom stereocenters. The summed E-state index contributed by atoms with van der Waals surface area (Å²) >= 11 is 17.9. The lowest BCUT2D eigenvalue weighted by atomic mass is 10.1. The summed E-state index contributed by atoms with van der Waals surface area (Å²) in [4.78, 5) is 12.0. The second-order valence-corrected chi connectivity index (χ2v) is 6.58. The Bertz CT molecular complexity index is 691. The van der Waals surface area contributed by atoms with Gasteiger partial charge in [0.2, 0.25) is 0 Å². The molecule has 0 spiro atoms. The highest BCUT2D eigenvalue weighted by molar-refractivity contribution is 6.35. The number of rotatable bonds is 6. The van der Waals surface area contributed by atoms with Crippen LogP contribution in [0.1, 0.15) is 24.1 Å². The molecule has 6 heteroatoms. The van der Waals surface area contributed by atoms with Crippen molar-refractivity contribution in [1.82, 2.24) is 5.32 Å². The standard InChI is InChI=1S/C17H17Cl3N2O/c1-11(12-3-2-4-14(18)7-12)21-10-17(23)22-9-13-5-6-15(19)8-16(13)20/h2-8,11,21H,9-10H2,1H3,(H,22,23)/p+1/t11-/m0/s1. The first kappa shape index (κ1) is 18.1. The zero-order valence-electron chi connectivity index (χ0n) is 12.7. The number of nitrogens with two attached hydrogens (primary N) is 1. The molecule has 0 heterocycles. The number of amides is 1. The number of hydrogen-bond donors (Lipinski definition) is 2. The molecule has 0 bridgehead atoms. The van der Waals surface area contributed by atoms with Crippen LogP contribution in [0.15, 0.2) is 42.5 Å². The van der Waals surface area contributed by atoms with Crippen molar-refractivity contribution < 1.29 is 10.1 Å². The van der Waals surface area contributed by atoms with Crippen LogP contribution in [-0.4, -0.2) is 12.5 Å². The molecule has 3 N–H and O–H groups in total. The Balaban J connectivity index is 1.81. The molecule has 0 aliphatic rings. The van der Waals surface area contributed by atoms with E-state index < -0.39 is 0 Å². The number of quaternary nitrogens is 1. The van der Waals surface area contributed by atoms with Crippen LogP contribution in [0.25, 0.3) is 0 Å². The fourth-order valence-corrected chi connectivity index (χ4v) is 2.81. The van der Waals surface area contributed by atoms with Crippen molar-refractivity contribution in [3.63, 3.8) is 0 Å². The fraction of sp³-hybridized carbons (Fsp3) is 0.235. The van der Waals surface area contributed by atoms with Gasteiger partial charge in [-0.05, 0) is 36.8 Å². The van der Waals surface area contributed by atoms with Crippen LogP contribution >= 0.6 is 34.8 Å². The molecule has 3 nitrogen and oxygen atoms in total. The van der Waals surface area contributed by atoms with E-state index in [0.717, 1.165) is 11.1 Å². The zero-order valence-corrected chi connectivity index (χ0v) is 14.9. The van der Waals surface area contributed by atoms with Crippen molar-refractivity contribution in [2.24, 2.45) is 0 Å². The average Bonchev–Trinajstić information content (AvgIpc) is 2.51. The molecule has 122 valence electrons. The molecule has 0 aliphatic carbocycles. The summed E-state index contributed by atoms with van der Waals surface area (Å²) in [6.07, 6.45) is 0. The molecule has 2 aromatic rings. The summed E-state index contributed by atoms with van der Waals surface area (Å²) in [6.45, 7) is 2.75. The summed E-state index contributed by atoms with van der Waals surface area (Å²) in [7, 11) is 0. The van der Waals surface area contributed by atoms with Crippen LogP contribution in [0.2, 0.25) is 15.1 Å². The molecule has 0 saturated carbocycles. The first-order valence-corrected chi connectivity index (χ1v) is 8.38. The maximum absolute atomic E-state index is 12.0. The molecule has 1 atom stereocenters. The van der Waals surface area contributed by atoms with E-state index in [1.165, 1.54) is 0 Å². The van der Waals surface area contributed by atoms with Gasteiger partial charge >= 0.3 is 0 Å². The van der Waals surface area contributed by atoms with Gasteiger partial charge in [0.05, 0.1) is 0 Å². The van der Waals surface area contributed by atoms with E-state index in [9.17, 15) is 4.79 Å². The van der Waals surface area contributed by atoms with E-state index in [2.05, 4.69) is 5.32 Å². The van der Waals surface area contributed by atoms with Gasteiger partial charge in [0.25, 0.3) is 5.91 Å². The average molecular weight is 373 g/mol. The Kier molecular flexibility index (Phi) is 6.72. The molecule has 1 amide bonds. The van der Waals surface area contributed by atoms with Crippen LogP contribution < -0.4 is 10.6 Å². The van der Waals surface area contributed by atoms with Crippen LogP contribution in [0.5, 0.6) is 0 Å². The lowest BCUT2D eigenvalue weighted by Crippen LogP contribution is -2.87. The highest BCUT2D eigenvalue weighted by atomic mass is 35.5. The Hall–Kier alpha value is -1.26. The SMILES string of the molecule is C[C@H]([NH2+]CC(=O)NCc1ccc(Cl)cc1Cl)c1cccc(Cl)c1. The van der Waals surface area contributed by atoms with Crippen LogP contribution in [-0.2, 0) is 11.3 Å². The van der Waals surface area contributed by atoms with Gasteiger partial charge in [-0.1, -0.05) is 53.0 Å². The molecule has 0 saturated heterocycles. The number of nitrogens with one attached hydrogen (secondary N) is 1. The number of carbonyl (C=O) groups is 1. The minimum absolute atomic E-state index is 0.0510. The van der Waals surface area contributed by atoms with E-state index in [-0.39, 0.29) is 11.9 Å². The zero-order chi connectivity index (χ0) is 16.8. The van der Waals surface area contributed by atoms with Gasteiger partial charge in [-0.2, -0.15) is 0 Å². The van der Waals surface area contributed by atoms with Gasteiger partial charge in [-0.3, -0.25) is 4.79 Å². The van der Waals surface area contributed by atoms with Gasteiger partial charge in [-0.25, -0.2) is 0 Å². The van der Waals surface area contributed by atoms with Gasteiger partial charge in [0, 0.05) is 27.2 Å². The fourth-order valence-electron chi connectivity index (χ4n) is 2.14. The monoisotopic (exact) mass is 371 g/mol. The molecular formula is C17H18Cl3N2O+. The third-order valence-corrected chi connectivity index (χ3v) is 4.34. The van der Waals surface area contributed by atoms with Gasteiger partial charge < -0.3 is 10.6 Å².